The Morgan fingerprint density at radius 1 is 1.19 bits per heavy atom. The summed E-state index contributed by atoms with van der Waals surface area (Å²) in [5.74, 6) is -0.0707. The Bertz CT molecular complexity index is 883. The number of amides is 3. The molecular weight excluding hydrogens is 406 g/mol. The predicted molar refractivity (Wildman–Crippen MR) is 125 cm³/mol. The van der Waals surface area contributed by atoms with Crippen molar-refractivity contribution in [2.45, 2.75) is 58.4 Å². The number of carbonyl (C=O) groups is 2. The molecule has 8 heteroatoms. The van der Waals surface area contributed by atoms with E-state index in [0.29, 0.717) is 18.7 Å². The Kier molecular flexibility index (Phi) is 8.27. The summed E-state index contributed by atoms with van der Waals surface area (Å²) in [6.45, 7) is 4.41. The van der Waals surface area contributed by atoms with Crippen molar-refractivity contribution in [2.24, 2.45) is 5.92 Å². The summed E-state index contributed by atoms with van der Waals surface area (Å²) < 4.78 is 0. The molecule has 0 radical (unpaired) electrons. The van der Waals surface area contributed by atoms with Crippen LogP contribution in [-0.2, 0) is 4.79 Å². The van der Waals surface area contributed by atoms with Gasteiger partial charge >= 0.3 is 6.03 Å². The smallest absolute Gasteiger partial charge is 0.317 e. The molecule has 1 heterocycles. The van der Waals surface area contributed by atoms with E-state index in [-0.39, 0.29) is 24.5 Å². The number of H-pyrrole nitrogens is 1. The van der Waals surface area contributed by atoms with E-state index in [0.717, 1.165) is 48.2 Å². The number of hydrogen-bond donors (Lipinski definition) is 4. The van der Waals surface area contributed by atoms with Crippen LogP contribution in [0.4, 0.5) is 10.5 Å². The van der Waals surface area contributed by atoms with E-state index in [1.807, 2.05) is 38.1 Å². The van der Waals surface area contributed by atoms with Crippen LogP contribution < -0.4 is 10.6 Å². The van der Waals surface area contributed by atoms with Gasteiger partial charge in [0.25, 0.3) is 0 Å². The Balaban J connectivity index is 1.70. The first kappa shape index (κ1) is 23.8. The standard InChI is InChI=1S/C24H35N5O3/c1-16-21(17(2)28-27-16)18-10-12-20(13-11-18)25-23(31)22(19-8-5-4-6-9-19)26-24(32)29(3)14-7-15-30/h10-13,19,22,30H,4-9,14-15H2,1-3H3,(H,25,31)(H,26,32)(H,27,28). The summed E-state index contributed by atoms with van der Waals surface area (Å²) in [4.78, 5) is 27.4. The van der Waals surface area contributed by atoms with E-state index in [9.17, 15) is 9.59 Å². The molecule has 0 aliphatic heterocycles. The van der Waals surface area contributed by atoms with Crippen molar-refractivity contribution in [3.05, 3.63) is 35.7 Å². The molecule has 1 aromatic carbocycles. The minimum Gasteiger partial charge on any atom is -0.396 e. The van der Waals surface area contributed by atoms with Crippen molar-refractivity contribution < 1.29 is 14.7 Å². The zero-order valence-electron chi connectivity index (χ0n) is 19.3. The summed E-state index contributed by atoms with van der Waals surface area (Å²) in [6.07, 6.45) is 5.68. The Morgan fingerprint density at radius 3 is 2.47 bits per heavy atom. The van der Waals surface area contributed by atoms with Gasteiger partial charge in [-0.25, -0.2) is 4.79 Å². The number of nitrogens with zero attached hydrogens (tertiary/aromatic N) is 2. The number of aryl methyl sites for hydroxylation is 2. The number of aliphatic hydroxyl groups is 1. The number of hydrogen-bond acceptors (Lipinski definition) is 4. The average Bonchev–Trinajstić information content (AvgIpc) is 3.14. The molecule has 1 aromatic heterocycles. The number of benzene rings is 1. The van der Waals surface area contributed by atoms with E-state index >= 15 is 0 Å². The third-order valence-electron chi connectivity index (χ3n) is 6.25. The molecule has 1 atom stereocenters. The molecule has 0 saturated heterocycles. The zero-order valence-corrected chi connectivity index (χ0v) is 19.3. The summed E-state index contributed by atoms with van der Waals surface area (Å²) in [6, 6.07) is 6.83. The first-order chi connectivity index (χ1) is 15.4. The topological polar surface area (TPSA) is 110 Å². The van der Waals surface area contributed by atoms with Crippen LogP contribution in [0.1, 0.15) is 49.9 Å². The van der Waals surface area contributed by atoms with Crippen molar-refractivity contribution in [1.82, 2.24) is 20.4 Å². The maximum atomic E-state index is 13.2. The van der Waals surface area contributed by atoms with Crippen molar-refractivity contribution in [3.63, 3.8) is 0 Å². The van der Waals surface area contributed by atoms with Crippen LogP contribution >= 0.6 is 0 Å². The highest BCUT2D eigenvalue weighted by Crippen LogP contribution is 2.29. The molecule has 174 valence electrons. The molecule has 3 amide bonds. The van der Waals surface area contributed by atoms with Crippen LogP contribution in [0.3, 0.4) is 0 Å². The van der Waals surface area contributed by atoms with Gasteiger partial charge in [0.1, 0.15) is 6.04 Å². The summed E-state index contributed by atoms with van der Waals surface area (Å²) in [5, 5.41) is 22.2. The largest absolute Gasteiger partial charge is 0.396 e. The molecular formula is C24H35N5O3. The molecule has 0 spiro atoms. The van der Waals surface area contributed by atoms with Crippen LogP contribution in [0.15, 0.2) is 24.3 Å². The second kappa shape index (κ2) is 11.1. The quantitative estimate of drug-likeness (QED) is 0.502. The molecule has 1 aliphatic rings. The van der Waals surface area contributed by atoms with Gasteiger partial charge in [0, 0.05) is 37.1 Å². The number of nitrogens with one attached hydrogen (secondary N) is 3. The molecule has 1 saturated carbocycles. The highest BCUT2D eigenvalue weighted by atomic mass is 16.3. The molecule has 1 unspecified atom stereocenters. The number of urea groups is 1. The van der Waals surface area contributed by atoms with E-state index in [1.165, 1.54) is 11.3 Å². The highest BCUT2D eigenvalue weighted by molar-refractivity contribution is 5.97. The molecule has 0 bridgehead atoms. The van der Waals surface area contributed by atoms with Crippen molar-refractivity contribution in [1.29, 1.82) is 0 Å². The van der Waals surface area contributed by atoms with E-state index in [1.54, 1.807) is 7.05 Å². The lowest BCUT2D eigenvalue weighted by Crippen LogP contribution is -2.52. The fourth-order valence-corrected chi connectivity index (χ4v) is 4.43. The van der Waals surface area contributed by atoms with Gasteiger partial charge in [0.15, 0.2) is 0 Å². The van der Waals surface area contributed by atoms with Crippen LogP contribution in [0.5, 0.6) is 0 Å². The van der Waals surface area contributed by atoms with Gasteiger partial charge in [-0.15, -0.1) is 0 Å². The predicted octanol–water partition coefficient (Wildman–Crippen LogP) is 3.60. The van der Waals surface area contributed by atoms with Crippen molar-refractivity contribution in [2.75, 3.05) is 25.5 Å². The lowest BCUT2D eigenvalue weighted by molar-refractivity contribution is -0.119. The molecule has 32 heavy (non-hydrogen) atoms. The van der Waals surface area contributed by atoms with Crippen LogP contribution in [-0.4, -0.2) is 58.4 Å². The highest BCUT2D eigenvalue weighted by Gasteiger charge is 2.31. The van der Waals surface area contributed by atoms with Gasteiger partial charge < -0.3 is 20.6 Å². The number of aromatic amines is 1. The molecule has 2 aromatic rings. The fourth-order valence-electron chi connectivity index (χ4n) is 4.43. The van der Waals surface area contributed by atoms with Gasteiger partial charge in [-0.3, -0.25) is 9.89 Å². The average molecular weight is 442 g/mol. The summed E-state index contributed by atoms with van der Waals surface area (Å²) in [7, 11) is 1.68. The van der Waals surface area contributed by atoms with Crippen LogP contribution in [0.2, 0.25) is 0 Å². The van der Waals surface area contributed by atoms with Gasteiger partial charge in [-0.05, 0) is 56.7 Å². The number of aliphatic hydroxyl groups excluding tert-OH is 1. The molecule has 3 rings (SSSR count). The molecule has 1 aliphatic carbocycles. The maximum Gasteiger partial charge on any atom is 0.317 e. The van der Waals surface area contributed by atoms with Crippen molar-refractivity contribution in [3.8, 4) is 11.1 Å². The number of aromatic nitrogens is 2. The maximum absolute atomic E-state index is 13.2. The zero-order chi connectivity index (χ0) is 23.1. The molecule has 4 N–H and O–H groups in total. The second-order valence-corrected chi connectivity index (χ2v) is 8.70. The summed E-state index contributed by atoms with van der Waals surface area (Å²) in [5.41, 5.74) is 4.74. The lowest BCUT2D eigenvalue weighted by atomic mass is 9.83. The Hall–Kier alpha value is -2.87. The number of rotatable bonds is 8. The third kappa shape index (κ3) is 5.88. The van der Waals surface area contributed by atoms with E-state index in [2.05, 4.69) is 20.8 Å². The van der Waals surface area contributed by atoms with Gasteiger partial charge in [0.05, 0.1) is 5.69 Å². The van der Waals surface area contributed by atoms with Crippen molar-refractivity contribution >= 4 is 17.6 Å². The number of carbonyl (C=O) groups excluding carboxylic acids is 2. The van der Waals surface area contributed by atoms with E-state index < -0.39 is 6.04 Å². The summed E-state index contributed by atoms with van der Waals surface area (Å²) >= 11 is 0. The Labute approximate surface area is 189 Å². The first-order valence-corrected chi connectivity index (χ1v) is 11.5. The lowest BCUT2D eigenvalue weighted by Gasteiger charge is -2.31. The van der Waals surface area contributed by atoms with Gasteiger partial charge in [-0.2, -0.15) is 5.10 Å². The minimum absolute atomic E-state index is 0.0258. The van der Waals surface area contributed by atoms with Gasteiger partial charge in [0.2, 0.25) is 5.91 Å². The third-order valence-corrected chi connectivity index (χ3v) is 6.25. The first-order valence-electron chi connectivity index (χ1n) is 11.5. The van der Waals surface area contributed by atoms with Gasteiger partial charge in [-0.1, -0.05) is 31.4 Å². The normalized spacial score (nSPS) is 15.2. The molecule has 1 fully saturated rings. The fraction of sp³-hybridized carbons (Fsp3) is 0.542. The van der Waals surface area contributed by atoms with Crippen LogP contribution in [0, 0.1) is 19.8 Å². The SMILES string of the molecule is Cc1n[nH]c(C)c1-c1ccc(NC(=O)C(NC(=O)N(C)CCCO)C2CCCCC2)cc1. The number of anilines is 1. The Morgan fingerprint density at radius 2 is 1.88 bits per heavy atom. The van der Waals surface area contributed by atoms with E-state index in [4.69, 9.17) is 5.11 Å². The minimum atomic E-state index is -0.586. The molecule has 8 nitrogen and oxygen atoms in total. The van der Waals surface area contributed by atoms with Crippen LogP contribution in [0.25, 0.3) is 11.1 Å². The second-order valence-electron chi connectivity index (χ2n) is 8.70. The monoisotopic (exact) mass is 441 g/mol.